The Kier molecular flexibility index (Phi) is 9.08. The molecule has 206 valence electrons. The van der Waals surface area contributed by atoms with Gasteiger partial charge in [0.05, 0.1) is 0 Å². The van der Waals surface area contributed by atoms with Crippen LogP contribution in [0, 0.1) is 6.92 Å². The van der Waals surface area contributed by atoms with E-state index in [0.717, 1.165) is 59.8 Å². The second-order valence-corrected chi connectivity index (χ2v) is 10.9. The maximum absolute atomic E-state index is 13.2. The van der Waals surface area contributed by atoms with Crippen molar-refractivity contribution in [2.24, 2.45) is 0 Å². The van der Waals surface area contributed by atoms with E-state index in [4.69, 9.17) is 9.47 Å². The van der Waals surface area contributed by atoms with Crippen LogP contribution in [0.3, 0.4) is 0 Å². The highest BCUT2D eigenvalue weighted by molar-refractivity contribution is 5.87. The number of fused-ring (bicyclic) bond motifs is 3. The second kappa shape index (κ2) is 13.1. The fraction of sp³-hybridized carbons (Fsp3) is 0.441. The Balaban J connectivity index is 1.21. The number of unbranched alkanes of at least 4 members (excludes halogenated alkanes) is 7. The Labute approximate surface area is 233 Å². The van der Waals surface area contributed by atoms with E-state index in [-0.39, 0.29) is 0 Å². The average molecular weight is 527 g/mol. The molecule has 3 aromatic carbocycles. The van der Waals surface area contributed by atoms with Crippen LogP contribution < -0.4 is 15.0 Å². The number of rotatable bonds is 11. The van der Waals surface area contributed by atoms with E-state index in [0.29, 0.717) is 0 Å². The zero-order valence-corrected chi connectivity index (χ0v) is 23.5. The largest absolute Gasteiger partial charge is 0.456 e. The van der Waals surface area contributed by atoms with Crippen LogP contribution in [0.4, 0.5) is 16.2 Å². The lowest BCUT2D eigenvalue weighted by Gasteiger charge is -2.32. The van der Waals surface area contributed by atoms with Gasteiger partial charge < -0.3 is 14.4 Å². The van der Waals surface area contributed by atoms with Gasteiger partial charge in [-0.1, -0.05) is 88.3 Å². The molecule has 2 heterocycles. The van der Waals surface area contributed by atoms with Crippen LogP contribution in [-0.4, -0.2) is 19.2 Å². The minimum Gasteiger partial charge on any atom is -0.456 e. The van der Waals surface area contributed by atoms with Gasteiger partial charge in [0.25, 0.3) is 0 Å². The van der Waals surface area contributed by atoms with Crippen molar-refractivity contribution in [3.05, 3.63) is 82.9 Å². The molecule has 0 unspecified atom stereocenters. The van der Waals surface area contributed by atoms with E-state index < -0.39 is 12.2 Å². The molecule has 3 aromatic rings. The van der Waals surface area contributed by atoms with Crippen LogP contribution in [0.5, 0.6) is 11.5 Å². The van der Waals surface area contributed by atoms with Gasteiger partial charge in [-0.3, -0.25) is 5.32 Å². The lowest BCUT2D eigenvalue weighted by Crippen LogP contribution is -2.30. The van der Waals surface area contributed by atoms with Crippen LogP contribution in [0.15, 0.2) is 60.7 Å². The van der Waals surface area contributed by atoms with Crippen molar-refractivity contribution < 1.29 is 14.3 Å². The van der Waals surface area contributed by atoms with E-state index in [1.54, 1.807) is 0 Å². The third-order valence-corrected chi connectivity index (χ3v) is 8.01. The third-order valence-electron chi connectivity index (χ3n) is 8.01. The molecule has 0 aromatic heterocycles. The van der Waals surface area contributed by atoms with E-state index in [1.807, 2.05) is 48.5 Å². The van der Waals surface area contributed by atoms with E-state index >= 15 is 0 Å². The van der Waals surface area contributed by atoms with Crippen LogP contribution in [0.1, 0.15) is 93.1 Å². The highest BCUT2D eigenvalue weighted by Gasteiger charge is 2.30. The van der Waals surface area contributed by atoms with Crippen molar-refractivity contribution in [3.63, 3.8) is 0 Å². The third kappa shape index (κ3) is 6.58. The summed E-state index contributed by atoms with van der Waals surface area (Å²) in [5.74, 6) is 1.44. The number of carbonyl (C=O) groups excluding carboxylic acids is 1. The van der Waals surface area contributed by atoms with Gasteiger partial charge in [-0.25, -0.2) is 4.79 Å². The van der Waals surface area contributed by atoms with Gasteiger partial charge in [-0.05, 0) is 61.6 Å². The fourth-order valence-corrected chi connectivity index (χ4v) is 5.86. The minimum absolute atomic E-state index is 0.457. The smallest absolute Gasteiger partial charge is 0.412 e. The summed E-state index contributed by atoms with van der Waals surface area (Å²) in [5.41, 5.74) is 6.22. The first-order valence-corrected chi connectivity index (χ1v) is 14.9. The molecule has 5 heteroatoms. The molecule has 0 aliphatic carbocycles. The number of hydrogen-bond donors (Lipinski definition) is 1. The first kappa shape index (κ1) is 27.1. The monoisotopic (exact) mass is 526 g/mol. The number of ether oxygens (including phenoxy) is 2. The normalized spacial score (nSPS) is 14.2. The summed E-state index contributed by atoms with van der Waals surface area (Å²) in [6.45, 7) is 6.56. The summed E-state index contributed by atoms with van der Waals surface area (Å²) in [5, 5.41) is 3.04. The quantitative estimate of drug-likeness (QED) is 0.253. The van der Waals surface area contributed by atoms with Crippen LogP contribution in [0.25, 0.3) is 0 Å². The second-order valence-electron chi connectivity index (χ2n) is 10.9. The molecule has 5 nitrogen and oxygen atoms in total. The van der Waals surface area contributed by atoms with Crippen molar-refractivity contribution in [2.45, 2.75) is 84.2 Å². The zero-order valence-electron chi connectivity index (χ0n) is 23.5. The first-order valence-electron chi connectivity index (χ1n) is 14.9. The highest BCUT2D eigenvalue weighted by atomic mass is 16.6. The van der Waals surface area contributed by atoms with Crippen molar-refractivity contribution in [1.29, 1.82) is 0 Å². The Bertz CT molecular complexity index is 1230. The van der Waals surface area contributed by atoms with Gasteiger partial charge >= 0.3 is 6.09 Å². The molecule has 39 heavy (non-hydrogen) atoms. The number of carbonyl (C=O) groups is 1. The van der Waals surface area contributed by atoms with E-state index in [9.17, 15) is 4.79 Å². The molecule has 0 atom stereocenters. The lowest BCUT2D eigenvalue weighted by atomic mass is 9.97. The number of nitrogens with one attached hydrogen (secondary N) is 1. The zero-order chi connectivity index (χ0) is 27.0. The SMILES string of the molecule is CCCCCCCCCCN1CCCc2cc(NC(=O)OC3c4ccccc4Oc4ccccc43)c(C)cc21. The first-order chi connectivity index (χ1) is 19.1. The highest BCUT2D eigenvalue weighted by Crippen LogP contribution is 2.44. The van der Waals surface area contributed by atoms with Crippen molar-refractivity contribution in [2.75, 3.05) is 23.3 Å². The number of hydrogen-bond acceptors (Lipinski definition) is 4. The molecular weight excluding hydrogens is 484 g/mol. The average Bonchev–Trinajstić information content (AvgIpc) is 2.95. The molecule has 0 bridgehead atoms. The number of benzene rings is 3. The molecule has 2 aliphatic rings. The maximum atomic E-state index is 13.2. The topological polar surface area (TPSA) is 50.8 Å². The van der Waals surface area contributed by atoms with E-state index in [1.165, 1.54) is 62.6 Å². The molecule has 2 aliphatic heterocycles. The van der Waals surface area contributed by atoms with Gasteiger partial charge in [0.2, 0.25) is 0 Å². The number of para-hydroxylation sites is 2. The molecule has 0 saturated heterocycles. The predicted octanol–water partition coefficient (Wildman–Crippen LogP) is 9.33. The summed E-state index contributed by atoms with van der Waals surface area (Å²) < 4.78 is 12.1. The molecule has 0 spiro atoms. The summed E-state index contributed by atoms with van der Waals surface area (Å²) in [4.78, 5) is 15.7. The number of anilines is 2. The van der Waals surface area contributed by atoms with Crippen molar-refractivity contribution in [3.8, 4) is 11.5 Å². The Morgan fingerprint density at radius 1 is 0.923 bits per heavy atom. The lowest BCUT2D eigenvalue weighted by molar-refractivity contribution is 0.125. The molecule has 1 amide bonds. The summed E-state index contributed by atoms with van der Waals surface area (Å²) >= 11 is 0. The summed E-state index contributed by atoms with van der Waals surface area (Å²) in [6.07, 6.45) is 11.9. The van der Waals surface area contributed by atoms with Gasteiger partial charge in [0.15, 0.2) is 6.10 Å². The Morgan fingerprint density at radius 2 is 1.56 bits per heavy atom. The van der Waals surface area contributed by atoms with Gasteiger partial charge in [-0.2, -0.15) is 0 Å². The number of nitrogens with zero attached hydrogens (tertiary/aromatic N) is 1. The molecule has 1 N–H and O–H groups in total. The molecule has 0 radical (unpaired) electrons. The Hall–Kier alpha value is -3.47. The van der Waals surface area contributed by atoms with Crippen molar-refractivity contribution >= 4 is 17.5 Å². The summed E-state index contributed by atoms with van der Waals surface area (Å²) in [7, 11) is 0. The molecular formula is C34H42N2O3. The number of aryl methyl sites for hydroxylation is 2. The molecule has 0 saturated carbocycles. The maximum Gasteiger partial charge on any atom is 0.412 e. The summed E-state index contributed by atoms with van der Waals surface area (Å²) in [6, 6.07) is 19.9. The van der Waals surface area contributed by atoms with Crippen LogP contribution in [-0.2, 0) is 11.2 Å². The van der Waals surface area contributed by atoms with Crippen LogP contribution >= 0.6 is 0 Å². The van der Waals surface area contributed by atoms with Gasteiger partial charge in [0.1, 0.15) is 11.5 Å². The minimum atomic E-state index is -0.522. The van der Waals surface area contributed by atoms with E-state index in [2.05, 4.69) is 36.2 Å². The van der Waals surface area contributed by atoms with Gasteiger partial charge in [0, 0.05) is 35.6 Å². The van der Waals surface area contributed by atoms with Gasteiger partial charge in [-0.15, -0.1) is 0 Å². The number of amides is 1. The Morgan fingerprint density at radius 3 is 2.26 bits per heavy atom. The molecule has 5 rings (SSSR count). The van der Waals surface area contributed by atoms with Crippen molar-refractivity contribution in [1.82, 2.24) is 0 Å². The fourth-order valence-electron chi connectivity index (χ4n) is 5.86. The van der Waals surface area contributed by atoms with Crippen LogP contribution in [0.2, 0.25) is 0 Å². The molecule has 0 fully saturated rings. The standard InChI is InChI=1S/C34H42N2O3/c1-3-4-5-6-7-8-9-14-21-36-22-15-16-26-24-29(25(2)23-30(26)36)35-34(37)39-33-27-17-10-12-19-31(27)38-32-20-13-11-18-28(32)33/h10-13,17-20,23-24,33H,3-9,14-16,21-22H2,1-2H3,(H,35,37). The predicted molar refractivity (Wildman–Crippen MR) is 159 cm³/mol.